The van der Waals surface area contributed by atoms with Gasteiger partial charge >= 0.3 is 0 Å². The second-order valence-corrected chi connectivity index (χ2v) is 8.89. The number of rotatable bonds is 6. The first-order chi connectivity index (χ1) is 17.2. The normalized spacial score (nSPS) is 18.1. The van der Waals surface area contributed by atoms with Crippen LogP contribution in [0.2, 0.25) is 0 Å². The van der Waals surface area contributed by atoms with Crippen molar-refractivity contribution in [1.29, 1.82) is 0 Å². The molecular weight excluding hydrogens is 469 g/mol. The van der Waals surface area contributed by atoms with E-state index >= 15 is 0 Å². The maximum absolute atomic E-state index is 13.1. The van der Waals surface area contributed by atoms with Gasteiger partial charge in [-0.1, -0.05) is 18.2 Å². The van der Waals surface area contributed by atoms with Crippen LogP contribution in [0.15, 0.2) is 48.5 Å². The summed E-state index contributed by atoms with van der Waals surface area (Å²) in [5, 5.41) is 9.89. The quantitative estimate of drug-likeness (QED) is 0.542. The molecule has 0 bridgehead atoms. The molecule has 0 spiro atoms. The number of nitrogens with one attached hydrogen (secondary N) is 2. The first-order valence-electron chi connectivity index (χ1n) is 11.3. The fraction of sp³-hybridized carbons (Fsp3) is 0.280. The van der Waals surface area contributed by atoms with Crippen molar-refractivity contribution in [2.24, 2.45) is 0 Å². The van der Waals surface area contributed by atoms with Crippen molar-refractivity contribution in [3.63, 3.8) is 0 Å². The van der Waals surface area contributed by atoms with Crippen LogP contribution in [0.1, 0.15) is 39.0 Å². The van der Waals surface area contributed by atoms with E-state index in [4.69, 9.17) is 9.47 Å². The maximum atomic E-state index is 13.1. The average molecular weight is 493 g/mol. The number of benzene rings is 2. The lowest BCUT2D eigenvalue weighted by Crippen LogP contribution is -2.62. The minimum atomic E-state index is -1.24. The third-order valence-electron chi connectivity index (χ3n) is 6.48. The van der Waals surface area contributed by atoms with Crippen molar-refractivity contribution in [2.45, 2.75) is 32.1 Å². The summed E-state index contributed by atoms with van der Waals surface area (Å²) < 4.78 is 25.2. The number of hydrogen-bond donors (Lipinski definition) is 2. The highest BCUT2D eigenvalue weighted by Gasteiger charge is 2.46. The Morgan fingerprint density at radius 3 is 2.50 bits per heavy atom. The van der Waals surface area contributed by atoms with Crippen LogP contribution >= 0.6 is 0 Å². The van der Waals surface area contributed by atoms with E-state index in [1.807, 2.05) is 6.07 Å². The third-order valence-corrected chi connectivity index (χ3v) is 6.48. The van der Waals surface area contributed by atoms with E-state index in [-0.39, 0.29) is 43.6 Å². The Morgan fingerprint density at radius 1 is 1.03 bits per heavy atom. The van der Waals surface area contributed by atoms with Gasteiger partial charge in [-0.05, 0) is 42.3 Å². The van der Waals surface area contributed by atoms with Crippen LogP contribution < -0.4 is 20.1 Å². The molecule has 0 fully saturated rings. The summed E-state index contributed by atoms with van der Waals surface area (Å²) in [6.07, 6.45) is 0. The molecule has 0 aliphatic carbocycles. The molecule has 1 aromatic heterocycles. The summed E-state index contributed by atoms with van der Waals surface area (Å²) in [6, 6.07) is 12.6. The number of halogens is 1. The zero-order valence-corrected chi connectivity index (χ0v) is 19.7. The number of amides is 3. The van der Waals surface area contributed by atoms with Crippen molar-refractivity contribution in [3.8, 4) is 11.5 Å². The summed E-state index contributed by atoms with van der Waals surface area (Å²) in [4.78, 5) is 40.3. The van der Waals surface area contributed by atoms with E-state index in [1.54, 1.807) is 31.2 Å². The van der Waals surface area contributed by atoms with Gasteiger partial charge in [-0.2, -0.15) is 5.10 Å². The van der Waals surface area contributed by atoms with Gasteiger partial charge in [0, 0.05) is 26.2 Å². The van der Waals surface area contributed by atoms with Crippen molar-refractivity contribution in [3.05, 3.63) is 76.9 Å². The van der Waals surface area contributed by atoms with Crippen LogP contribution in [0.4, 0.5) is 4.39 Å². The summed E-state index contributed by atoms with van der Waals surface area (Å²) >= 11 is 0. The van der Waals surface area contributed by atoms with Crippen LogP contribution in [-0.2, 0) is 24.4 Å². The number of likely N-dealkylation sites (N-methyl/N-ethyl adjacent to an activating group) is 1. The minimum Gasteiger partial charge on any atom is -0.454 e. The van der Waals surface area contributed by atoms with E-state index in [0.29, 0.717) is 11.5 Å². The van der Waals surface area contributed by atoms with E-state index < -0.39 is 23.3 Å². The van der Waals surface area contributed by atoms with Gasteiger partial charge in [0.2, 0.25) is 12.7 Å². The van der Waals surface area contributed by atoms with Crippen molar-refractivity contribution in [2.75, 3.05) is 13.8 Å². The van der Waals surface area contributed by atoms with Crippen molar-refractivity contribution < 1.29 is 28.2 Å². The monoisotopic (exact) mass is 493 g/mol. The molecule has 5 rings (SSSR count). The van der Waals surface area contributed by atoms with E-state index in [2.05, 4.69) is 15.7 Å². The first-order valence-corrected chi connectivity index (χ1v) is 11.3. The average Bonchev–Trinajstić information content (AvgIpc) is 3.52. The van der Waals surface area contributed by atoms with Crippen LogP contribution in [0.25, 0.3) is 0 Å². The minimum absolute atomic E-state index is 0.0647. The smallest absolute Gasteiger partial charge is 0.272 e. The van der Waals surface area contributed by atoms with Crippen LogP contribution in [0.5, 0.6) is 11.5 Å². The molecular formula is C25H24FN5O5. The molecule has 0 saturated carbocycles. The molecule has 0 saturated heterocycles. The SMILES string of the molecule is CN1C(=O)c2cc(C(=O)NCc3ccc4c(c3)OCO4)nn2C[C@]1(C)C(=O)NCc1ccc(F)cc1. The molecule has 3 amide bonds. The molecule has 1 atom stereocenters. The van der Waals surface area contributed by atoms with Gasteiger partial charge in [0.1, 0.15) is 17.1 Å². The predicted octanol–water partition coefficient (Wildman–Crippen LogP) is 1.84. The highest BCUT2D eigenvalue weighted by molar-refractivity contribution is 6.01. The van der Waals surface area contributed by atoms with E-state index in [9.17, 15) is 18.8 Å². The number of ether oxygens (including phenoxy) is 2. The predicted molar refractivity (Wildman–Crippen MR) is 125 cm³/mol. The topological polar surface area (TPSA) is 115 Å². The van der Waals surface area contributed by atoms with Crippen LogP contribution in [0, 0.1) is 5.82 Å². The van der Waals surface area contributed by atoms with Gasteiger partial charge < -0.3 is 25.0 Å². The summed E-state index contributed by atoms with van der Waals surface area (Å²) in [6.45, 7) is 2.27. The fourth-order valence-electron chi connectivity index (χ4n) is 4.14. The zero-order chi connectivity index (χ0) is 25.4. The number of carbonyl (C=O) groups excluding carboxylic acids is 3. The van der Waals surface area contributed by atoms with Crippen LogP contribution in [-0.4, -0.2) is 51.8 Å². The van der Waals surface area contributed by atoms with Gasteiger partial charge in [-0.15, -0.1) is 0 Å². The zero-order valence-electron chi connectivity index (χ0n) is 19.7. The van der Waals surface area contributed by atoms with Gasteiger partial charge in [0.25, 0.3) is 11.8 Å². The van der Waals surface area contributed by atoms with Gasteiger partial charge in [0.15, 0.2) is 17.2 Å². The Labute approximate surface area is 206 Å². The second-order valence-electron chi connectivity index (χ2n) is 8.89. The molecule has 0 radical (unpaired) electrons. The first kappa shape index (κ1) is 23.3. The number of fused-ring (bicyclic) bond motifs is 2. The lowest BCUT2D eigenvalue weighted by molar-refractivity contribution is -0.132. The highest BCUT2D eigenvalue weighted by Crippen LogP contribution is 2.32. The number of nitrogens with zero attached hydrogens (tertiary/aromatic N) is 3. The highest BCUT2D eigenvalue weighted by atomic mass is 19.1. The number of carbonyl (C=O) groups is 3. The number of hydrogen-bond acceptors (Lipinski definition) is 6. The lowest BCUT2D eigenvalue weighted by atomic mass is 9.96. The van der Waals surface area contributed by atoms with Crippen molar-refractivity contribution in [1.82, 2.24) is 25.3 Å². The summed E-state index contributed by atoms with van der Waals surface area (Å²) in [7, 11) is 1.54. The fourth-order valence-corrected chi connectivity index (χ4v) is 4.14. The Bertz CT molecular complexity index is 1360. The number of aromatic nitrogens is 2. The Morgan fingerprint density at radius 2 is 1.72 bits per heavy atom. The van der Waals surface area contributed by atoms with E-state index in [0.717, 1.165) is 11.1 Å². The standard InChI is InChI=1S/C25H24FN5O5/c1-25(24(34)28-11-15-3-6-17(26)7-4-15)13-31-19(23(33)30(25)2)10-18(29-31)22(32)27-12-16-5-8-20-21(9-16)36-14-35-20/h3-10H,11-14H2,1-2H3,(H,27,32)(H,28,34)/t25-/m1/s1. The van der Waals surface area contributed by atoms with Gasteiger partial charge in [0.05, 0.1) is 6.54 Å². The van der Waals surface area contributed by atoms with Gasteiger partial charge in [-0.3, -0.25) is 19.1 Å². The summed E-state index contributed by atoms with van der Waals surface area (Å²) in [5.41, 5.74) is 0.589. The summed E-state index contributed by atoms with van der Waals surface area (Å²) in [5.74, 6) is -0.367. The molecule has 0 unspecified atom stereocenters. The van der Waals surface area contributed by atoms with E-state index in [1.165, 1.54) is 34.8 Å². The second kappa shape index (κ2) is 8.99. The molecule has 3 heterocycles. The molecule has 2 aliphatic heterocycles. The Hall–Kier alpha value is -4.41. The molecule has 10 nitrogen and oxygen atoms in total. The molecule has 2 aromatic carbocycles. The lowest BCUT2D eigenvalue weighted by Gasteiger charge is -2.40. The Balaban J connectivity index is 1.27. The maximum Gasteiger partial charge on any atom is 0.272 e. The van der Waals surface area contributed by atoms with Crippen LogP contribution in [0.3, 0.4) is 0 Å². The molecule has 2 N–H and O–H groups in total. The molecule has 3 aromatic rings. The Kier molecular flexibility index (Phi) is 5.83. The molecule has 186 valence electrons. The molecule has 36 heavy (non-hydrogen) atoms. The molecule has 2 aliphatic rings. The largest absolute Gasteiger partial charge is 0.454 e. The van der Waals surface area contributed by atoms with Gasteiger partial charge in [-0.25, -0.2) is 4.39 Å². The third kappa shape index (κ3) is 4.23. The van der Waals surface area contributed by atoms with Crippen molar-refractivity contribution >= 4 is 17.7 Å². The molecule has 11 heteroatoms.